The first-order valence-corrected chi connectivity index (χ1v) is 5.97. The second-order valence-electron chi connectivity index (χ2n) is 3.25. The Morgan fingerprint density at radius 1 is 1.62 bits per heavy atom. The average Bonchev–Trinajstić information content (AvgIpc) is 2.53. The standard InChI is InChI=1S/C9H12BrNOS/c1-6-4-11-7(5-12-6)8-2-3-9(10)13-8/h2-3,6-7,11H,4-5H2,1H3. The second-order valence-corrected chi connectivity index (χ2v) is 5.74. The number of nitrogens with one attached hydrogen (secondary N) is 1. The zero-order valence-electron chi connectivity index (χ0n) is 7.42. The van der Waals surface area contributed by atoms with Crippen molar-refractivity contribution in [1.82, 2.24) is 5.32 Å². The van der Waals surface area contributed by atoms with Crippen LogP contribution in [0.15, 0.2) is 15.9 Å². The fourth-order valence-electron chi connectivity index (χ4n) is 1.38. The monoisotopic (exact) mass is 261 g/mol. The Bertz CT molecular complexity index is 281. The molecule has 2 nitrogen and oxygen atoms in total. The Morgan fingerprint density at radius 3 is 3.00 bits per heavy atom. The maximum absolute atomic E-state index is 5.58. The summed E-state index contributed by atoms with van der Waals surface area (Å²) in [6, 6.07) is 4.61. The molecular formula is C9H12BrNOS. The largest absolute Gasteiger partial charge is 0.375 e. The van der Waals surface area contributed by atoms with Gasteiger partial charge in [0.15, 0.2) is 0 Å². The highest BCUT2D eigenvalue weighted by Crippen LogP contribution is 2.28. The molecule has 2 rings (SSSR count). The Hall–Kier alpha value is 0.1000. The minimum atomic E-state index is 0.347. The molecule has 1 saturated heterocycles. The van der Waals surface area contributed by atoms with Gasteiger partial charge in [-0.1, -0.05) is 0 Å². The van der Waals surface area contributed by atoms with E-state index in [4.69, 9.17) is 4.74 Å². The molecule has 0 bridgehead atoms. The van der Waals surface area contributed by atoms with Gasteiger partial charge in [-0.15, -0.1) is 11.3 Å². The van der Waals surface area contributed by atoms with Gasteiger partial charge in [0, 0.05) is 11.4 Å². The lowest BCUT2D eigenvalue weighted by Crippen LogP contribution is -2.39. The molecule has 1 aromatic rings. The van der Waals surface area contributed by atoms with Crippen molar-refractivity contribution >= 4 is 27.3 Å². The van der Waals surface area contributed by atoms with Crippen LogP contribution in [0.2, 0.25) is 0 Å². The van der Waals surface area contributed by atoms with E-state index in [0.29, 0.717) is 12.1 Å². The smallest absolute Gasteiger partial charge is 0.0702 e. The van der Waals surface area contributed by atoms with E-state index in [1.54, 1.807) is 11.3 Å². The van der Waals surface area contributed by atoms with E-state index in [2.05, 4.69) is 40.3 Å². The van der Waals surface area contributed by atoms with Crippen molar-refractivity contribution in [2.24, 2.45) is 0 Å². The highest BCUT2D eigenvalue weighted by Gasteiger charge is 2.20. The molecule has 2 unspecified atom stereocenters. The first-order chi connectivity index (χ1) is 6.25. The third-order valence-electron chi connectivity index (χ3n) is 2.14. The van der Waals surface area contributed by atoms with Gasteiger partial charge in [0.2, 0.25) is 0 Å². The minimum Gasteiger partial charge on any atom is -0.375 e. The lowest BCUT2D eigenvalue weighted by atomic mass is 10.2. The molecule has 0 saturated carbocycles. The maximum Gasteiger partial charge on any atom is 0.0702 e. The van der Waals surface area contributed by atoms with Crippen molar-refractivity contribution in [2.45, 2.75) is 19.1 Å². The topological polar surface area (TPSA) is 21.3 Å². The van der Waals surface area contributed by atoms with E-state index >= 15 is 0 Å². The van der Waals surface area contributed by atoms with Crippen molar-refractivity contribution in [3.8, 4) is 0 Å². The molecular weight excluding hydrogens is 250 g/mol. The zero-order chi connectivity index (χ0) is 9.26. The van der Waals surface area contributed by atoms with Gasteiger partial charge in [0.1, 0.15) is 0 Å². The van der Waals surface area contributed by atoms with E-state index in [1.165, 1.54) is 8.66 Å². The Morgan fingerprint density at radius 2 is 2.46 bits per heavy atom. The van der Waals surface area contributed by atoms with Gasteiger partial charge >= 0.3 is 0 Å². The fraction of sp³-hybridized carbons (Fsp3) is 0.556. The number of halogens is 1. The molecule has 1 aliphatic rings. The summed E-state index contributed by atoms with van der Waals surface area (Å²) in [4.78, 5) is 1.35. The fourth-order valence-corrected chi connectivity index (χ4v) is 2.87. The van der Waals surface area contributed by atoms with Crippen LogP contribution in [0, 0.1) is 0 Å². The van der Waals surface area contributed by atoms with E-state index in [9.17, 15) is 0 Å². The van der Waals surface area contributed by atoms with Crippen LogP contribution in [0.5, 0.6) is 0 Å². The van der Waals surface area contributed by atoms with E-state index < -0.39 is 0 Å². The number of hydrogen-bond acceptors (Lipinski definition) is 3. The van der Waals surface area contributed by atoms with Crippen molar-refractivity contribution in [1.29, 1.82) is 0 Å². The number of morpholine rings is 1. The highest BCUT2D eigenvalue weighted by molar-refractivity contribution is 9.11. The summed E-state index contributed by atoms with van der Waals surface area (Å²) >= 11 is 5.23. The summed E-state index contributed by atoms with van der Waals surface area (Å²) in [6.07, 6.45) is 0.347. The molecule has 72 valence electrons. The molecule has 4 heteroatoms. The number of thiophene rings is 1. The molecule has 0 amide bonds. The van der Waals surface area contributed by atoms with Gasteiger partial charge in [0.25, 0.3) is 0 Å². The Labute approximate surface area is 90.4 Å². The van der Waals surface area contributed by atoms with Gasteiger partial charge in [0.05, 0.1) is 22.5 Å². The van der Waals surface area contributed by atoms with E-state index in [1.807, 2.05) is 0 Å². The zero-order valence-corrected chi connectivity index (χ0v) is 9.82. The van der Waals surface area contributed by atoms with Crippen molar-refractivity contribution in [3.63, 3.8) is 0 Å². The van der Waals surface area contributed by atoms with Crippen molar-refractivity contribution in [2.75, 3.05) is 13.2 Å². The van der Waals surface area contributed by atoms with Crippen LogP contribution >= 0.6 is 27.3 Å². The molecule has 0 radical (unpaired) electrons. The molecule has 0 spiro atoms. The summed E-state index contributed by atoms with van der Waals surface area (Å²) in [5, 5.41) is 3.46. The van der Waals surface area contributed by atoms with Crippen LogP contribution in [0.1, 0.15) is 17.8 Å². The highest BCUT2D eigenvalue weighted by atomic mass is 79.9. The normalized spacial score (nSPS) is 29.1. The Balaban J connectivity index is 2.02. The summed E-state index contributed by atoms with van der Waals surface area (Å²) in [5.41, 5.74) is 0. The van der Waals surface area contributed by atoms with E-state index in [0.717, 1.165) is 13.2 Å². The van der Waals surface area contributed by atoms with Crippen LogP contribution in [-0.2, 0) is 4.74 Å². The summed E-state index contributed by atoms with van der Waals surface area (Å²) in [7, 11) is 0. The van der Waals surface area contributed by atoms with Crippen LogP contribution in [-0.4, -0.2) is 19.3 Å². The van der Waals surface area contributed by atoms with Crippen LogP contribution in [0.4, 0.5) is 0 Å². The van der Waals surface area contributed by atoms with Gasteiger partial charge < -0.3 is 10.1 Å². The number of rotatable bonds is 1. The maximum atomic E-state index is 5.58. The van der Waals surface area contributed by atoms with Crippen molar-refractivity contribution in [3.05, 3.63) is 20.8 Å². The van der Waals surface area contributed by atoms with Crippen molar-refractivity contribution < 1.29 is 4.74 Å². The lowest BCUT2D eigenvalue weighted by molar-refractivity contribution is 0.0157. The summed E-state index contributed by atoms with van der Waals surface area (Å²) < 4.78 is 6.77. The molecule has 1 N–H and O–H groups in total. The average molecular weight is 262 g/mol. The van der Waals surface area contributed by atoms with Crippen LogP contribution < -0.4 is 5.32 Å². The lowest BCUT2D eigenvalue weighted by Gasteiger charge is -2.27. The predicted molar refractivity (Wildman–Crippen MR) is 58.2 cm³/mol. The number of hydrogen-bond donors (Lipinski definition) is 1. The molecule has 0 aliphatic carbocycles. The van der Waals surface area contributed by atoms with E-state index in [-0.39, 0.29) is 0 Å². The SMILES string of the molecule is CC1CNC(c2ccc(Br)s2)CO1. The van der Waals surface area contributed by atoms with Gasteiger partial charge in [-0.3, -0.25) is 0 Å². The third kappa shape index (κ3) is 2.31. The minimum absolute atomic E-state index is 0.347. The predicted octanol–water partition coefficient (Wildman–Crippen LogP) is 2.56. The van der Waals surface area contributed by atoms with Gasteiger partial charge in [-0.25, -0.2) is 0 Å². The molecule has 1 aliphatic heterocycles. The van der Waals surface area contributed by atoms with Gasteiger partial charge in [-0.05, 0) is 35.0 Å². The quantitative estimate of drug-likeness (QED) is 0.839. The molecule has 1 aromatic heterocycles. The molecule has 13 heavy (non-hydrogen) atoms. The van der Waals surface area contributed by atoms with Gasteiger partial charge in [-0.2, -0.15) is 0 Å². The molecule has 2 atom stereocenters. The number of ether oxygens (including phenoxy) is 1. The first kappa shape index (κ1) is 9.65. The summed E-state index contributed by atoms with van der Waals surface area (Å²) in [5.74, 6) is 0. The van der Waals surface area contributed by atoms with Crippen LogP contribution in [0.25, 0.3) is 0 Å². The molecule has 0 aromatic carbocycles. The second kappa shape index (κ2) is 4.09. The third-order valence-corrected chi connectivity index (χ3v) is 3.87. The molecule has 2 heterocycles. The summed E-state index contributed by atoms with van der Waals surface area (Å²) in [6.45, 7) is 3.82. The first-order valence-electron chi connectivity index (χ1n) is 4.36. The Kier molecular flexibility index (Phi) is 3.03. The van der Waals surface area contributed by atoms with Crippen LogP contribution in [0.3, 0.4) is 0 Å². The molecule has 1 fully saturated rings.